The van der Waals surface area contributed by atoms with E-state index in [0.717, 1.165) is 42.8 Å². The molecule has 1 fully saturated rings. The van der Waals surface area contributed by atoms with Gasteiger partial charge in [0.25, 0.3) is 0 Å². The molecule has 1 saturated heterocycles. The van der Waals surface area contributed by atoms with E-state index in [1.807, 2.05) is 35.7 Å². The lowest BCUT2D eigenvalue weighted by atomic mass is 9.98. The van der Waals surface area contributed by atoms with E-state index in [9.17, 15) is 4.79 Å². The molecule has 0 N–H and O–H groups in total. The molecule has 1 unspecified atom stereocenters. The number of rotatable bonds is 9. The van der Waals surface area contributed by atoms with Gasteiger partial charge in [-0.3, -0.25) is 0 Å². The Labute approximate surface area is 191 Å². The number of piperidine rings is 1. The highest BCUT2D eigenvalue weighted by molar-refractivity contribution is 7.09. The first kappa shape index (κ1) is 22.2. The molecule has 0 bridgehead atoms. The fourth-order valence-electron chi connectivity index (χ4n) is 3.67. The highest BCUT2D eigenvalue weighted by atomic mass is 32.1. The number of carbonyl (C=O) groups excluding carboxylic acids is 1. The molecule has 0 spiro atoms. The summed E-state index contributed by atoms with van der Waals surface area (Å²) in [5, 5.41) is 14.5. The normalized spacial score (nSPS) is 15.5. The lowest BCUT2D eigenvalue weighted by Gasteiger charge is -2.30. The predicted octanol–water partition coefficient (Wildman–Crippen LogP) is 4.26. The van der Waals surface area contributed by atoms with E-state index in [1.165, 1.54) is 6.33 Å². The van der Waals surface area contributed by atoms with Crippen molar-refractivity contribution in [3.63, 3.8) is 0 Å². The SMILES string of the molecule is CCCCCOC(=O)N1CCC(c2nc(C(Oc3ccccc3)n3cnnn3)cs2)CC1. The van der Waals surface area contributed by atoms with Crippen LogP contribution in [0, 0.1) is 0 Å². The maximum atomic E-state index is 12.3. The minimum Gasteiger partial charge on any atom is -0.463 e. The number of nitrogens with zero attached hydrogens (tertiary/aromatic N) is 6. The standard InChI is InChI=1S/C22H28N6O3S/c1-2-3-7-14-30-22(29)27-12-10-17(11-13-27)20-24-19(15-32-20)21(28-16-23-25-26-28)31-18-8-5-4-6-9-18/h4-6,8-9,15-17,21H,2-3,7,10-14H2,1H3. The van der Waals surface area contributed by atoms with Crippen molar-refractivity contribution in [2.24, 2.45) is 0 Å². The highest BCUT2D eigenvalue weighted by Gasteiger charge is 2.28. The number of thiazole rings is 1. The summed E-state index contributed by atoms with van der Waals surface area (Å²) in [6.45, 7) is 4.00. The van der Waals surface area contributed by atoms with Crippen molar-refractivity contribution in [3.05, 3.63) is 52.7 Å². The van der Waals surface area contributed by atoms with Crippen molar-refractivity contribution >= 4 is 17.4 Å². The van der Waals surface area contributed by atoms with Gasteiger partial charge in [-0.05, 0) is 41.8 Å². The van der Waals surface area contributed by atoms with Crippen LogP contribution in [0.15, 0.2) is 42.0 Å². The zero-order valence-electron chi connectivity index (χ0n) is 18.2. The number of carbonyl (C=O) groups is 1. The van der Waals surface area contributed by atoms with Crippen LogP contribution >= 0.6 is 11.3 Å². The number of benzene rings is 1. The van der Waals surface area contributed by atoms with Crippen LogP contribution in [0.3, 0.4) is 0 Å². The predicted molar refractivity (Wildman–Crippen MR) is 120 cm³/mol. The number of para-hydroxylation sites is 1. The molecule has 1 atom stereocenters. The van der Waals surface area contributed by atoms with Crippen molar-refractivity contribution in [2.45, 2.75) is 51.2 Å². The van der Waals surface area contributed by atoms with Crippen LogP contribution in [0.1, 0.15) is 61.9 Å². The van der Waals surface area contributed by atoms with Gasteiger partial charge < -0.3 is 14.4 Å². The number of unbranched alkanes of at least 4 members (excludes halogenated alkanes) is 2. The number of hydrogen-bond acceptors (Lipinski definition) is 8. The quantitative estimate of drug-likeness (QED) is 0.444. The van der Waals surface area contributed by atoms with E-state index in [0.29, 0.717) is 31.4 Å². The first-order valence-corrected chi connectivity index (χ1v) is 11.9. The molecule has 32 heavy (non-hydrogen) atoms. The minimum absolute atomic E-state index is 0.200. The van der Waals surface area contributed by atoms with Gasteiger partial charge in [-0.2, -0.15) is 4.68 Å². The Bertz CT molecular complexity index is 957. The Balaban J connectivity index is 1.37. The van der Waals surface area contributed by atoms with Crippen LogP contribution in [0.25, 0.3) is 0 Å². The second kappa shape index (κ2) is 11.0. The Hall–Kier alpha value is -3.01. The third kappa shape index (κ3) is 5.61. The summed E-state index contributed by atoms with van der Waals surface area (Å²) in [5.74, 6) is 1.03. The summed E-state index contributed by atoms with van der Waals surface area (Å²) < 4.78 is 13.1. The fourth-order valence-corrected chi connectivity index (χ4v) is 4.66. The van der Waals surface area contributed by atoms with E-state index in [1.54, 1.807) is 20.9 Å². The maximum absolute atomic E-state index is 12.3. The Kier molecular flexibility index (Phi) is 7.65. The number of likely N-dealkylation sites (tertiary alicyclic amines) is 1. The zero-order chi connectivity index (χ0) is 22.2. The van der Waals surface area contributed by atoms with Gasteiger partial charge in [0.2, 0.25) is 6.23 Å². The average Bonchev–Trinajstić information content (AvgIpc) is 3.54. The van der Waals surface area contributed by atoms with Crippen molar-refractivity contribution in [1.29, 1.82) is 0 Å². The molecule has 2 aromatic heterocycles. The summed E-state index contributed by atoms with van der Waals surface area (Å²) in [4.78, 5) is 18.9. The molecule has 0 saturated carbocycles. The first-order valence-electron chi connectivity index (χ1n) is 11.1. The largest absolute Gasteiger partial charge is 0.463 e. The summed E-state index contributed by atoms with van der Waals surface area (Å²) >= 11 is 1.61. The minimum atomic E-state index is -0.546. The number of tetrazole rings is 1. The Morgan fingerprint density at radius 1 is 1.22 bits per heavy atom. The molecule has 3 heterocycles. The van der Waals surface area contributed by atoms with Crippen molar-refractivity contribution in [1.82, 2.24) is 30.1 Å². The third-order valence-electron chi connectivity index (χ3n) is 5.46. The maximum Gasteiger partial charge on any atom is 0.409 e. The van der Waals surface area contributed by atoms with Gasteiger partial charge in [-0.1, -0.05) is 38.0 Å². The average molecular weight is 457 g/mol. The molecule has 4 rings (SSSR count). The van der Waals surface area contributed by atoms with Gasteiger partial charge in [0, 0.05) is 24.4 Å². The van der Waals surface area contributed by atoms with E-state index in [4.69, 9.17) is 14.5 Å². The number of ether oxygens (including phenoxy) is 2. The molecule has 0 radical (unpaired) electrons. The van der Waals surface area contributed by atoms with E-state index >= 15 is 0 Å². The molecule has 1 amide bonds. The van der Waals surface area contributed by atoms with Crippen LogP contribution in [0.4, 0.5) is 4.79 Å². The highest BCUT2D eigenvalue weighted by Crippen LogP contribution is 2.33. The molecule has 10 heteroatoms. The second-order valence-corrected chi connectivity index (χ2v) is 8.66. The molecular formula is C22H28N6O3S. The lowest BCUT2D eigenvalue weighted by molar-refractivity contribution is 0.0912. The topological polar surface area (TPSA) is 95.3 Å². The van der Waals surface area contributed by atoms with Gasteiger partial charge in [0.1, 0.15) is 17.8 Å². The monoisotopic (exact) mass is 456 g/mol. The van der Waals surface area contributed by atoms with E-state index < -0.39 is 6.23 Å². The van der Waals surface area contributed by atoms with Gasteiger partial charge in [0.05, 0.1) is 11.6 Å². The lowest BCUT2D eigenvalue weighted by Crippen LogP contribution is -2.38. The van der Waals surface area contributed by atoms with Crippen LogP contribution in [-0.2, 0) is 4.74 Å². The summed E-state index contributed by atoms with van der Waals surface area (Å²) in [7, 11) is 0. The summed E-state index contributed by atoms with van der Waals surface area (Å²) in [6, 6.07) is 9.55. The van der Waals surface area contributed by atoms with Gasteiger partial charge >= 0.3 is 6.09 Å². The molecule has 1 aliphatic rings. The Morgan fingerprint density at radius 2 is 2.03 bits per heavy atom. The van der Waals surface area contributed by atoms with Crippen LogP contribution in [0.5, 0.6) is 5.75 Å². The van der Waals surface area contributed by atoms with E-state index in [-0.39, 0.29) is 6.09 Å². The van der Waals surface area contributed by atoms with E-state index in [2.05, 4.69) is 22.4 Å². The number of aromatic nitrogens is 5. The molecule has 0 aliphatic carbocycles. The van der Waals surface area contributed by atoms with Crippen LogP contribution < -0.4 is 4.74 Å². The smallest absolute Gasteiger partial charge is 0.409 e. The van der Waals surface area contributed by atoms with Gasteiger partial charge in [-0.15, -0.1) is 16.4 Å². The van der Waals surface area contributed by atoms with Crippen molar-refractivity contribution < 1.29 is 14.3 Å². The van der Waals surface area contributed by atoms with Crippen molar-refractivity contribution in [3.8, 4) is 5.75 Å². The molecule has 9 nitrogen and oxygen atoms in total. The number of amides is 1. The molecule has 1 aliphatic heterocycles. The van der Waals surface area contributed by atoms with Gasteiger partial charge in [-0.25, -0.2) is 9.78 Å². The molecule has 1 aromatic carbocycles. The summed E-state index contributed by atoms with van der Waals surface area (Å²) in [6.07, 6.45) is 5.64. The summed E-state index contributed by atoms with van der Waals surface area (Å²) in [5.41, 5.74) is 0.763. The molecule has 170 valence electrons. The second-order valence-electron chi connectivity index (χ2n) is 7.77. The molecule has 3 aromatic rings. The zero-order valence-corrected chi connectivity index (χ0v) is 19.0. The van der Waals surface area contributed by atoms with Crippen LogP contribution in [0.2, 0.25) is 0 Å². The Morgan fingerprint density at radius 3 is 2.75 bits per heavy atom. The van der Waals surface area contributed by atoms with Gasteiger partial charge in [0.15, 0.2) is 0 Å². The fraction of sp³-hybridized carbons (Fsp3) is 0.500. The number of hydrogen-bond donors (Lipinski definition) is 0. The van der Waals surface area contributed by atoms with Crippen LogP contribution in [-0.4, -0.2) is 55.9 Å². The first-order chi connectivity index (χ1) is 15.7. The molecular weight excluding hydrogens is 428 g/mol. The third-order valence-corrected chi connectivity index (χ3v) is 6.49. The van der Waals surface area contributed by atoms with Crippen molar-refractivity contribution in [2.75, 3.05) is 19.7 Å².